The highest BCUT2D eigenvalue weighted by Gasteiger charge is 2.69. The van der Waals surface area contributed by atoms with Crippen molar-refractivity contribution in [2.75, 3.05) is 33.1 Å². The monoisotopic (exact) mass is 585 g/mol. The van der Waals surface area contributed by atoms with Gasteiger partial charge in [-0.15, -0.1) is 0 Å². The van der Waals surface area contributed by atoms with Crippen molar-refractivity contribution < 1.29 is 39.0 Å². The Morgan fingerprint density at radius 1 is 1.10 bits per heavy atom. The fourth-order valence-electron chi connectivity index (χ4n) is 6.65. The predicted molar refractivity (Wildman–Crippen MR) is 150 cm³/mol. The Bertz CT molecular complexity index is 1400. The van der Waals surface area contributed by atoms with E-state index in [-0.39, 0.29) is 42.2 Å². The van der Waals surface area contributed by atoms with Gasteiger partial charge in [0.25, 0.3) is 0 Å². The van der Waals surface area contributed by atoms with Gasteiger partial charge in [0.1, 0.15) is 5.75 Å². The molecule has 6 N–H and O–H groups in total. The molecule has 1 aromatic carbocycles. The van der Waals surface area contributed by atoms with Crippen molar-refractivity contribution in [2.45, 2.75) is 51.8 Å². The second-order valence-corrected chi connectivity index (χ2v) is 13.0. The largest absolute Gasteiger partial charge is 0.507 e. The third-order valence-electron chi connectivity index (χ3n) is 8.76. The van der Waals surface area contributed by atoms with Crippen LogP contribution in [0.25, 0.3) is 0 Å². The number of carbonyl (C=O) groups excluding carboxylic acids is 6. The topological polar surface area (TPSA) is 199 Å². The van der Waals surface area contributed by atoms with Gasteiger partial charge in [-0.1, -0.05) is 20.8 Å². The van der Waals surface area contributed by atoms with Crippen molar-refractivity contribution in [3.8, 4) is 5.75 Å². The number of aromatic hydroxyl groups is 1. The zero-order chi connectivity index (χ0) is 31.6. The van der Waals surface area contributed by atoms with Crippen LogP contribution in [0.5, 0.6) is 5.75 Å². The standard InChI is InChI=1S/C29H39N5O8/c1-28(2,3)27(41)32-31-11-13-10-16(33(4)5)14-8-12-9-15-20(34(6)7)23(37)19(26(30)40)25(39)29(15,42)24(38)17(12)22(36)18(14)21(13)35/h10,12,15,17,19-20,31,35,42H,8-9,11H2,1-7H3,(H2,30,40)(H,32,41)/t12-,15-,17?,19?,20-,29-/m0/s1. The number of ketones is 4. The molecule has 4 rings (SSSR count). The third-order valence-corrected chi connectivity index (χ3v) is 8.76. The summed E-state index contributed by atoms with van der Waals surface area (Å²) in [6.07, 6.45) is 0.126. The van der Waals surface area contributed by atoms with Gasteiger partial charge in [-0.3, -0.25) is 39.1 Å². The lowest BCUT2D eigenvalue weighted by Gasteiger charge is -2.52. The summed E-state index contributed by atoms with van der Waals surface area (Å²) >= 11 is 0. The summed E-state index contributed by atoms with van der Waals surface area (Å²) in [7, 11) is 6.60. The Hall–Kier alpha value is -3.68. The number of nitrogens with one attached hydrogen (secondary N) is 2. The first kappa shape index (κ1) is 31.3. The lowest BCUT2D eigenvalue weighted by Crippen LogP contribution is -2.74. The number of anilines is 1. The summed E-state index contributed by atoms with van der Waals surface area (Å²) in [5.74, 6) is -11.3. The smallest absolute Gasteiger partial charge is 0.239 e. The maximum Gasteiger partial charge on any atom is 0.239 e. The van der Waals surface area contributed by atoms with Crippen LogP contribution in [0.15, 0.2) is 6.07 Å². The lowest BCUT2D eigenvalue weighted by molar-refractivity contribution is -0.181. The van der Waals surface area contributed by atoms with Crippen LogP contribution in [0.2, 0.25) is 0 Å². The fourth-order valence-corrected chi connectivity index (χ4v) is 6.65. The molecular weight excluding hydrogens is 546 g/mol. The highest BCUT2D eigenvalue weighted by molar-refractivity contribution is 6.32. The van der Waals surface area contributed by atoms with E-state index in [2.05, 4.69) is 10.9 Å². The Kier molecular flexibility index (Phi) is 7.85. The molecule has 1 aromatic rings. The van der Waals surface area contributed by atoms with Crippen molar-refractivity contribution in [3.05, 3.63) is 22.8 Å². The maximum atomic E-state index is 14.1. The molecule has 0 bridgehead atoms. The number of carbonyl (C=O) groups is 6. The summed E-state index contributed by atoms with van der Waals surface area (Å²) in [5, 5.41) is 23.0. The molecule has 2 amide bonds. The predicted octanol–water partition coefficient (Wildman–Crippen LogP) is -0.900. The molecule has 13 nitrogen and oxygen atoms in total. The van der Waals surface area contributed by atoms with E-state index >= 15 is 0 Å². The maximum absolute atomic E-state index is 14.1. The number of Topliss-reactive ketones (excluding diaryl/α,β-unsaturated/α-hetero) is 4. The number of nitrogens with two attached hydrogens (primary N) is 1. The molecule has 2 saturated carbocycles. The number of aliphatic hydroxyl groups is 1. The van der Waals surface area contributed by atoms with E-state index in [4.69, 9.17) is 5.73 Å². The van der Waals surface area contributed by atoms with E-state index in [0.717, 1.165) is 0 Å². The van der Waals surface area contributed by atoms with Crippen molar-refractivity contribution in [1.29, 1.82) is 0 Å². The Morgan fingerprint density at radius 3 is 2.24 bits per heavy atom. The van der Waals surface area contributed by atoms with Gasteiger partial charge < -0.3 is 20.8 Å². The van der Waals surface area contributed by atoms with Crippen LogP contribution >= 0.6 is 0 Å². The Morgan fingerprint density at radius 2 is 1.71 bits per heavy atom. The molecule has 0 spiro atoms. The van der Waals surface area contributed by atoms with Crippen molar-refractivity contribution >= 4 is 40.6 Å². The zero-order valence-electron chi connectivity index (χ0n) is 24.9. The normalized spacial score (nSPS) is 29.1. The van der Waals surface area contributed by atoms with Gasteiger partial charge in [-0.2, -0.15) is 0 Å². The zero-order valence-corrected chi connectivity index (χ0v) is 24.9. The van der Waals surface area contributed by atoms with Crippen LogP contribution in [-0.4, -0.2) is 89.9 Å². The van der Waals surface area contributed by atoms with Gasteiger partial charge in [0.05, 0.1) is 17.5 Å². The molecule has 13 heteroatoms. The van der Waals surface area contributed by atoms with E-state index in [1.54, 1.807) is 45.8 Å². The van der Waals surface area contributed by atoms with Crippen LogP contribution in [0.1, 0.15) is 48.7 Å². The summed E-state index contributed by atoms with van der Waals surface area (Å²) in [6.45, 7) is 5.16. The number of nitrogens with zero attached hydrogens (tertiary/aromatic N) is 2. The number of amides is 2. The van der Waals surface area contributed by atoms with E-state index in [9.17, 15) is 39.0 Å². The summed E-state index contributed by atoms with van der Waals surface area (Å²) in [6, 6.07) is 0.525. The number of benzene rings is 1. The number of rotatable bonds is 6. The molecule has 0 heterocycles. The summed E-state index contributed by atoms with van der Waals surface area (Å²) < 4.78 is 0. The molecular formula is C29H39N5O8. The van der Waals surface area contributed by atoms with Crippen LogP contribution in [0, 0.1) is 29.1 Å². The van der Waals surface area contributed by atoms with E-state index in [1.165, 1.54) is 19.0 Å². The fraction of sp³-hybridized carbons (Fsp3) is 0.586. The van der Waals surface area contributed by atoms with Gasteiger partial charge in [0.15, 0.2) is 34.7 Å². The summed E-state index contributed by atoms with van der Waals surface area (Å²) in [5.41, 5.74) is 8.51. The Balaban J connectivity index is 1.79. The molecule has 42 heavy (non-hydrogen) atoms. The quantitative estimate of drug-likeness (QED) is 0.205. The highest BCUT2D eigenvalue weighted by Crippen LogP contribution is 2.52. The SMILES string of the molecule is CN(C)c1cc(CNNC(=O)C(C)(C)C)c(O)c2c1C[C@H]1C[C@H]3[C@H](N(C)C)C(=O)C(C(N)=O)C(=O)[C@@]3(O)C(=O)C1C2=O. The van der Waals surface area contributed by atoms with Gasteiger partial charge in [-0.05, 0) is 44.5 Å². The van der Waals surface area contributed by atoms with Crippen molar-refractivity contribution in [2.24, 2.45) is 34.8 Å². The van der Waals surface area contributed by atoms with E-state index < -0.39 is 69.8 Å². The second-order valence-electron chi connectivity index (χ2n) is 13.0. The first-order valence-corrected chi connectivity index (χ1v) is 13.8. The Labute approximate surface area is 243 Å². The number of fused-ring (bicyclic) bond motifs is 3. The second kappa shape index (κ2) is 10.5. The van der Waals surface area contributed by atoms with E-state index in [0.29, 0.717) is 11.3 Å². The van der Waals surface area contributed by atoms with Crippen LogP contribution in [-0.2, 0) is 36.9 Å². The van der Waals surface area contributed by atoms with Crippen LogP contribution in [0.3, 0.4) is 0 Å². The van der Waals surface area contributed by atoms with Crippen LogP contribution in [0.4, 0.5) is 5.69 Å². The molecule has 0 aromatic heterocycles. The van der Waals surface area contributed by atoms with Gasteiger partial charge in [0, 0.05) is 43.2 Å². The molecule has 3 aliphatic carbocycles. The number of hydrogen-bond donors (Lipinski definition) is 5. The molecule has 0 aliphatic heterocycles. The molecule has 0 saturated heterocycles. The summed E-state index contributed by atoms with van der Waals surface area (Å²) in [4.78, 5) is 82.4. The molecule has 3 aliphatic rings. The molecule has 6 atom stereocenters. The highest BCUT2D eigenvalue weighted by atomic mass is 16.3. The minimum atomic E-state index is -2.78. The number of likely N-dealkylation sites (N-methyl/N-ethyl adjacent to an activating group) is 1. The first-order valence-electron chi connectivity index (χ1n) is 13.8. The molecule has 228 valence electrons. The van der Waals surface area contributed by atoms with Gasteiger partial charge >= 0.3 is 0 Å². The third kappa shape index (κ3) is 4.69. The number of phenols is 1. The minimum Gasteiger partial charge on any atom is -0.507 e. The average Bonchev–Trinajstić information content (AvgIpc) is 2.86. The molecule has 0 radical (unpaired) electrons. The van der Waals surface area contributed by atoms with E-state index in [1.807, 2.05) is 0 Å². The number of hydrogen-bond acceptors (Lipinski definition) is 11. The number of primary amides is 1. The lowest BCUT2D eigenvalue weighted by atomic mass is 9.52. The first-order chi connectivity index (χ1) is 19.3. The molecule has 2 fully saturated rings. The number of phenolic OH excluding ortho intramolecular Hbond substituents is 1. The molecule has 2 unspecified atom stereocenters. The van der Waals surface area contributed by atoms with Crippen LogP contribution < -0.4 is 21.5 Å². The average molecular weight is 586 g/mol. The number of hydrazine groups is 1. The van der Waals surface area contributed by atoms with Gasteiger partial charge in [0.2, 0.25) is 11.8 Å². The van der Waals surface area contributed by atoms with Crippen molar-refractivity contribution in [1.82, 2.24) is 15.8 Å². The van der Waals surface area contributed by atoms with Crippen molar-refractivity contribution in [3.63, 3.8) is 0 Å². The minimum absolute atomic E-state index is 0.0281. The van der Waals surface area contributed by atoms with Gasteiger partial charge in [-0.25, -0.2) is 5.43 Å².